The highest BCUT2D eigenvalue weighted by molar-refractivity contribution is 7.26. The average molecular weight is 641 g/mol. The summed E-state index contributed by atoms with van der Waals surface area (Å²) in [6.45, 7) is 0. The van der Waals surface area contributed by atoms with Gasteiger partial charge < -0.3 is 0 Å². The van der Waals surface area contributed by atoms with Crippen molar-refractivity contribution in [3.05, 3.63) is 170 Å². The molecule has 0 unspecified atom stereocenters. The fourth-order valence-corrected chi connectivity index (χ4v) is 8.79. The van der Waals surface area contributed by atoms with Gasteiger partial charge in [-0.2, -0.15) is 0 Å². The van der Waals surface area contributed by atoms with Crippen molar-refractivity contribution < 1.29 is 0 Å². The summed E-state index contributed by atoms with van der Waals surface area (Å²) in [6, 6.07) is 58.7. The Bertz CT molecular complexity index is 2870. The molecule has 0 aliphatic rings. The van der Waals surface area contributed by atoms with E-state index in [0.717, 1.165) is 38.6 Å². The summed E-state index contributed by atoms with van der Waals surface area (Å²) in [6.07, 6.45) is 1.95. The molecule has 2 nitrogen and oxygen atoms in total. The molecule has 3 heteroatoms. The summed E-state index contributed by atoms with van der Waals surface area (Å²) in [7, 11) is 0. The third kappa shape index (κ3) is 4.40. The lowest BCUT2D eigenvalue weighted by molar-refractivity contribution is 1.31. The molecule has 0 aliphatic heterocycles. The predicted octanol–water partition coefficient (Wildman–Crippen LogP) is 13.0. The quantitative estimate of drug-likeness (QED) is 0.179. The molecule has 0 fully saturated rings. The maximum absolute atomic E-state index is 5.37. The van der Waals surface area contributed by atoms with E-state index in [-0.39, 0.29) is 0 Å². The third-order valence-corrected chi connectivity index (χ3v) is 11.0. The average Bonchev–Trinajstić information content (AvgIpc) is 3.57. The Balaban J connectivity index is 1.18. The summed E-state index contributed by atoms with van der Waals surface area (Å²) in [4.78, 5) is 10.5. The van der Waals surface area contributed by atoms with Crippen molar-refractivity contribution in [3.63, 3.8) is 0 Å². The lowest BCUT2D eigenvalue weighted by Crippen LogP contribution is -1.95. The van der Waals surface area contributed by atoms with E-state index in [2.05, 4.69) is 164 Å². The van der Waals surface area contributed by atoms with Gasteiger partial charge in [0.25, 0.3) is 0 Å². The number of hydrogen-bond donors (Lipinski definition) is 0. The molecule has 10 aromatic rings. The topological polar surface area (TPSA) is 25.8 Å². The van der Waals surface area contributed by atoms with E-state index in [9.17, 15) is 0 Å². The molecule has 0 saturated carbocycles. The Labute approximate surface area is 287 Å². The van der Waals surface area contributed by atoms with Gasteiger partial charge in [-0.1, -0.05) is 158 Å². The fraction of sp³-hybridized carbons (Fsp3) is 0. The molecular formula is C46H28N2S. The van der Waals surface area contributed by atoms with E-state index in [1.165, 1.54) is 58.8 Å². The van der Waals surface area contributed by atoms with Gasteiger partial charge in [0.1, 0.15) is 0 Å². The van der Waals surface area contributed by atoms with Crippen LogP contribution in [0, 0.1) is 0 Å². The van der Waals surface area contributed by atoms with Gasteiger partial charge in [-0.15, -0.1) is 11.3 Å². The summed E-state index contributed by atoms with van der Waals surface area (Å²) >= 11 is 1.87. The molecule has 0 atom stereocenters. The van der Waals surface area contributed by atoms with Gasteiger partial charge in [0.05, 0.1) is 22.9 Å². The second kappa shape index (κ2) is 11.2. The second-order valence-corrected chi connectivity index (χ2v) is 13.5. The molecule has 8 aromatic carbocycles. The maximum Gasteiger partial charge on any atom is 0.0979 e. The molecule has 0 spiro atoms. The zero-order chi connectivity index (χ0) is 32.3. The smallest absolute Gasteiger partial charge is 0.0979 e. The molecular weight excluding hydrogens is 613 g/mol. The third-order valence-electron chi connectivity index (χ3n) is 9.76. The SMILES string of the molecule is c1ccc(-c2ccccc2-c2ccccc2-c2cccc3c2sc2ccccc23)c(-c2cnc3c4ccccc4c4ccccc4c3n2)c1. The molecule has 49 heavy (non-hydrogen) atoms. The number of benzene rings is 8. The molecule has 0 saturated heterocycles. The minimum Gasteiger partial charge on any atom is -0.252 e. The van der Waals surface area contributed by atoms with Gasteiger partial charge >= 0.3 is 0 Å². The van der Waals surface area contributed by atoms with Gasteiger partial charge in [0.2, 0.25) is 0 Å². The van der Waals surface area contributed by atoms with Crippen LogP contribution in [-0.4, -0.2) is 9.97 Å². The van der Waals surface area contributed by atoms with Crippen LogP contribution in [0.1, 0.15) is 0 Å². The Kier molecular flexibility index (Phi) is 6.39. The highest BCUT2D eigenvalue weighted by Crippen LogP contribution is 2.45. The number of aromatic nitrogens is 2. The van der Waals surface area contributed by atoms with Crippen LogP contribution in [0.15, 0.2) is 170 Å². The van der Waals surface area contributed by atoms with E-state index in [4.69, 9.17) is 9.97 Å². The van der Waals surface area contributed by atoms with E-state index < -0.39 is 0 Å². The van der Waals surface area contributed by atoms with Crippen molar-refractivity contribution in [1.82, 2.24) is 9.97 Å². The summed E-state index contributed by atoms with van der Waals surface area (Å²) in [5.41, 5.74) is 11.0. The first-order valence-electron chi connectivity index (χ1n) is 16.6. The van der Waals surface area contributed by atoms with Crippen molar-refractivity contribution in [3.8, 4) is 44.6 Å². The van der Waals surface area contributed by atoms with E-state index >= 15 is 0 Å². The Morgan fingerprint density at radius 1 is 0.327 bits per heavy atom. The van der Waals surface area contributed by atoms with E-state index in [1.54, 1.807) is 0 Å². The van der Waals surface area contributed by atoms with Crippen LogP contribution in [0.2, 0.25) is 0 Å². The van der Waals surface area contributed by atoms with Gasteiger partial charge in [0, 0.05) is 42.1 Å². The number of thiophene rings is 1. The first-order valence-corrected chi connectivity index (χ1v) is 17.4. The molecule has 228 valence electrons. The van der Waals surface area contributed by atoms with Gasteiger partial charge in [-0.05, 0) is 44.7 Å². The van der Waals surface area contributed by atoms with Crippen LogP contribution in [0.3, 0.4) is 0 Å². The molecule has 0 bridgehead atoms. The van der Waals surface area contributed by atoms with Crippen LogP contribution in [0.4, 0.5) is 0 Å². The van der Waals surface area contributed by atoms with Crippen LogP contribution in [0.5, 0.6) is 0 Å². The van der Waals surface area contributed by atoms with Gasteiger partial charge in [-0.25, -0.2) is 4.98 Å². The van der Waals surface area contributed by atoms with Crippen LogP contribution < -0.4 is 0 Å². The Morgan fingerprint density at radius 2 is 0.755 bits per heavy atom. The number of rotatable bonds is 4. The molecule has 0 N–H and O–H groups in total. The highest BCUT2D eigenvalue weighted by Gasteiger charge is 2.19. The first kappa shape index (κ1) is 27.9. The monoisotopic (exact) mass is 640 g/mol. The molecule has 0 radical (unpaired) electrons. The lowest BCUT2D eigenvalue weighted by atomic mass is 9.87. The van der Waals surface area contributed by atoms with Crippen molar-refractivity contribution in [2.45, 2.75) is 0 Å². The molecule has 10 rings (SSSR count). The number of fused-ring (bicyclic) bond motifs is 9. The lowest BCUT2D eigenvalue weighted by Gasteiger charge is -2.17. The van der Waals surface area contributed by atoms with Gasteiger partial charge in [-0.3, -0.25) is 4.98 Å². The number of hydrogen-bond acceptors (Lipinski definition) is 3. The maximum atomic E-state index is 5.37. The minimum atomic E-state index is 0.863. The van der Waals surface area contributed by atoms with Gasteiger partial charge in [0.15, 0.2) is 0 Å². The Morgan fingerprint density at radius 3 is 1.39 bits per heavy atom. The van der Waals surface area contributed by atoms with Crippen molar-refractivity contribution >= 4 is 64.1 Å². The summed E-state index contributed by atoms with van der Waals surface area (Å²) in [5, 5.41) is 7.26. The molecule has 0 aliphatic carbocycles. The molecule has 2 heterocycles. The number of nitrogens with zero attached hydrogens (tertiary/aromatic N) is 2. The summed E-state index contributed by atoms with van der Waals surface area (Å²) < 4.78 is 2.63. The zero-order valence-electron chi connectivity index (χ0n) is 26.5. The molecule has 2 aromatic heterocycles. The van der Waals surface area contributed by atoms with Crippen LogP contribution >= 0.6 is 11.3 Å². The van der Waals surface area contributed by atoms with E-state index in [0.29, 0.717) is 0 Å². The van der Waals surface area contributed by atoms with Crippen LogP contribution in [0.25, 0.3) is 97.4 Å². The second-order valence-electron chi connectivity index (χ2n) is 12.5. The molecule has 0 amide bonds. The summed E-state index contributed by atoms with van der Waals surface area (Å²) in [5.74, 6) is 0. The predicted molar refractivity (Wildman–Crippen MR) is 209 cm³/mol. The first-order chi connectivity index (χ1) is 24.3. The van der Waals surface area contributed by atoms with Crippen molar-refractivity contribution in [2.75, 3.05) is 0 Å². The highest BCUT2D eigenvalue weighted by atomic mass is 32.1. The van der Waals surface area contributed by atoms with Crippen LogP contribution in [-0.2, 0) is 0 Å². The standard InChI is InChI=1S/C46H28N2S/c1-2-15-30(29(14-1)31-16-3-4-20-35(31)40-25-13-26-41-37-22-11-12-27-43(37)49-46(40)41)32-17-5-8-21-36(32)42-28-47-44-38-23-9-6-18-33(38)34-19-7-10-24-39(34)45(44)48-42/h1-28H. The minimum absolute atomic E-state index is 0.863. The van der Waals surface area contributed by atoms with Crippen molar-refractivity contribution in [2.24, 2.45) is 0 Å². The largest absolute Gasteiger partial charge is 0.252 e. The van der Waals surface area contributed by atoms with E-state index in [1.807, 2.05) is 17.5 Å². The van der Waals surface area contributed by atoms with Crippen molar-refractivity contribution in [1.29, 1.82) is 0 Å². The fourth-order valence-electron chi connectivity index (χ4n) is 7.56. The zero-order valence-corrected chi connectivity index (χ0v) is 27.3. The Hall–Kier alpha value is -6.16. The normalized spacial score (nSPS) is 11.7.